The van der Waals surface area contributed by atoms with Gasteiger partial charge in [-0.1, -0.05) is 30.3 Å². The Bertz CT molecular complexity index is 955. The molecular weight excluding hydrogens is 344 g/mol. The van der Waals surface area contributed by atoms with Gasteiger partial charge in [-0.2, -0.15) is 5.10 Å². The number of aromatic nitrogens is 3. The Hall–Kier alpha value is -3.68. The number of carbonyl (C=O) groups is 2. The summed E-state index contributed by atoms with van der Waals surface area (Å²) in [6.45, 7) is 1.24. The van der Waals surface area contributed by atoms with E-state index in [1.54, 1.807) is 23.2 Å². The molecule has 8 heteroatoms. The Labute approximate surface area is 155 Å². The molecule has 2 aromatic heterocycles. The molecule has 0 radical (unpaired) electrons. The molecule has 0 fully saturated rings. The molecule has 1 aliphatic heterocycles. The summed E-state index contributed by atoms with van der Waals surface area (Å²) in [5.74, 6) is 0.235. The van der Waals surface area contributed by atoms with E-state index in [1.165, 1.54) is 6.20 Å². The molecule has 8 nitrogen and oxygen atoms in total. The first-order valence-electron chi connectivity index (χ1n) is 8.55. The van der Waals surface area contributed by atoms with Crippen LogP contribution in [0.3, 0.4) is 0 Å². The van der Waals surface area contributed by atoms with Crippen LogP contribution in [0.5, 0.6) is 0 Å². The molecule has 27 heavy (non-hydrogen) atoms. The van der Waals surface area contributed by atoms with Gasteiger partial charge >= 0.3 is 6.03 Å². The van der Waals surface area contributed by atoms with Crippen molar-refractivity contribution < 1.29 is 9.59 Å². The van der Waals surface area contributed by atoms with E-state index in [0.29, 0.717) is 31.0 Å². The molecule has 0 unspecified atom stereocenters. The van der Waals surface area contributed by atoms with E-state index in [-0.39, 0.29) is 11.9 Å². The zero-order valence-corrected chi connectivity index (χ0v) is 14.5. The average Bonchev–Trinajstić information content (AvgIpc) is 3.29. The SMILES string of the molecule is O=C(Nc1[nH]nc2c1CN(C(=O)NCc1ccccc1)C2)c1cccnc1. The fourth-order valence-corrected chi connectivity index (χ4v) is 2.95. The van der Waals surface area contributed by atoms with Crippen LogP contribution in [0, 0.1) is 0 Å². The number of pyridine rings is 1. The molecule has 1 aromatic carbocycles. The zero-order valence-electron chi connectivity index (χ0n) is 14.5. The van der Waals surface area contributed by atoms with Crippen LogP contribution in [0.1, 0.15) is 27.2 Å². The van der Waals surface area contributed by atoms with Gasteiger partial charge in [0.1, 0.15) is 5.82 Å². The Morgan fingerprint density at radius 2 is 1.96 bits per heavy atom. The first-order valence-corrected chi connectivity index (χ1v) is 8.55. The van der Waals surface area contributed by atoms with Crippen molar-refractivity contribution in [3.05, 3.63) is 77.2 Å². The number of amides is 3. The van der Waals surface area contributed by atoms with Gasteiger partial charge in [0.2, 0.25) is 0 Å². The number of hydrogen-bond acceptors (Lipinski definition) is 4. The second-order valence-corrected chi connectivity index (χ2v) is 6.22. The van der Waals surface area contributed by atoms with E-state index < -0.39 is 0 Å². The maximum Gasteiger partial charge on any atom is 0.318 e. The van der Waals surface area contributed by atoms with E-state index in [1.807, 2.05) is 30.3 Å². The third kappa shape index (κ3) is 3.64. The summed E-state index contributed by atoms with van der Waals surface area (Å²) in [6, 6.07) is 12.9. The summed E-state index contributed by atoms with van der Waals surface area (Å²) >= 11 is 0. The van der Waals surface area contributed by atoms with E-state index in [2.05, 4.69) is 25.8 Å². The summed E-state index contributed by atoms with van der Waals surface area (Å²) in [7, 11) is 0. The van der Waals surface area contributed by atoms with E-state index >= 15 is 0 Å². The molecule has 136 valence electrons. The molecular formula is C19H18N6O2. The van der Waals surface area contributed by atoms with Crippen molar-refractivity contribution in [3.63, 3.8) is 0 Å². The van der Waals surface area contributed by atoms with Gasteiger partial charge in [-0.05, 0) is 17.7 Å². The third-order valence-corrected chi connectivity index (χ3v) is 4.38. The molecule has 0 saturated heterocycles. The number of rotatable bonds is 4. The minimum atomic E-state index is -0.276. The number of nitrogens with one attached hydrogen (secondary N) is 3. The van der Waals surface area contributed by atoms with Gasteiger partial charge in [-0.25, -0.2) is 4.79 Å². The largest absolute Gasteiger partial charge is 0.334 e. The molecule has 0 bridgehead atoms. The molecule has 0 atom stereocenters. The van der Waals surface area contributed by atoms with Gasteiger partial charge in [0, 0.05) is 24.5 Å². The third-order valence-electron chi connectivity index (χ3n) is 4.38. The number of aromatic amines is 1. The Kier molecular flexibility index (Phi) is 4.52. The highest BCUT2D eigenvalue weighted by Crippen LogP contribution is 2.27. The number of fused-ring (bicyclic) bond motifs is 1. The van der Waals surface area contributed by atoms with E-state index in [4.69, 9.17) is 0 Å². The minimum Gasteiger partial charge on any atom is -0.334 e. The topological polar surface area (TPSA) is 103 Å². The van der Waals surface area contributed by atoms with Crippen molar-refractivity contribution in [2.24, 2.45) is 0 Å². The summed E-state index contributed by atoms with van der Waals surface area (Å²) in [5.41, 5.74) is 3.07. The Morgan fingerprint density at radius 1 is 1.11 bits per heavy atom. The van der Waals surface area contributed by atoms with Gasteiger partial charge in [0.25, 0.3) is 5.91 Å². The molecule has 1 aliphatic rings. The lowest BCUT2D eigenvalue weighted by atomic mass is 10.2. The number of benzene rings is 1. The predicted octanol–water partition coefficient (Wildman–Crippen LogP) is 2.28. The quantitative estimate of drug-likeness (QED) is 0.662. The number of H-pyrrole nitrogens is 1. The Morgan fingerprint density at radius 3 is 2.74 bits per heavy atom. The van der Waals surface area contributed by atoms with Gasteiger partial charge in [0.15, 0.2) is 0 Å². The van der Waals surface area contributed by atoms with E-state index in [9.17, 15) is 9.59 Å². The lowest BCUT2D eigenvalue weighted by molar-refractivity contribution is 0.102. The minimum absolute atomic E-state index is 0.165. The lowest BCUT2D eigenvalue weighted by Crippen LogP contribution is -2.36. The van der Waals surface area contributed by atoms with Crippen LogP contribution in [0.2, 0.25) is 0 Å². The highest BCUT2D eigenvalue weighted by atomic mass is 16.2. The van der Waals surface area contributed by atoms with Crippen LogP contribution in [-0.4, -0.2) is 32.0 Å². The second kappa shape index (κ2) is 7.28. The highest BCUT2D eigenvalue weighted by molar-refractivity contribution is 6.04. The Balaban J connectivity index is 1.38. The van der Waals surface area contributed by atoms with Crippen molar-refractivity contribution in [2.75, 3.05) is 5.32 Å². The molecule has 0 aliphatic carbocycles. The number of hydrogen-bond donors (Lipinski definition) is 3. The average molecular weight is 362 g/mol. The van der Waals surface area contributed by atoms with Crippen molar-refractivity contribution in [1.82, 2.24) is 25.4 Å². The summed E-state index contributed by atoms with van der Waals surface area (Å²) in [6.07, 6.45) is 3.10. The molecule has 0 spiro atoms. The van der Waals surface area contributed by atoms with Crippen LogP contribution in [0.4, 0.5) is 10.6 Å². The van der Waals surface area contributed by atoms with Gasteiger partial charge in [-0.15, -0.1) is 0 Å². The molecule has 3 N–H and O–H groups in total. The lowest BCUT2D eigenvalue weighted by Gasteiger charge is -2.17. The summed E-state index contributed by atoms with van der Waals surface area (Å²) < 4.78 is 0. The van der Waals surface area contributed by atoms with Crippen molar-refractivity contribution >= 4 is 17.8 Å². The first kappa shape index (κ1) is 16.8. The van der Waals surface area contributed by atoms with Crippen molar-refractivity contribution in [2.45, 2.75) is 19.6 Å². The highest BCUT2D eigenvalue weighted by Gasteiger charge is 2.29. The van der Waals surface area contributed by atoms with Crippen LogP contribution < -0.4 is 10.6 Å². The van der Waals surface area contributed by atoms with Crippen LogP contribution >= 0.6 is 0 Å². The zero-order chi connectivity index (χ0) is 18.6. The van der Waals surface area contributed by atoms with Crippen molar-refractivity contribution in [3.8, 4) is 0 Å². The standard InChI is InChI=1S/C19H18N6O2/c26-18(14-7-4-8-20-10-14)22-17-15-11-25(12-16(15)23-24-17)19(27)21-9-13-5-2-1-3-6-13/h1-8,10H,9,11-12H2,(H,21,27)(H2,22,23,24,26). The van der Waals surface area contributed by atoms with E-state index in [0.717, 1.165) is 16.8 Å². The summed E-state index contributed by atoms with van der Waals surface area (Å²) in [4.78, 5) is 30.3. The molecule has 4 rings (SSSR count). The molecule has 3 amide bonds. The number of nitrogens with zero attached hydrogens (tertiary/aromatic N) is 3. The smallest absolute Gasteiger partial charge is 0.318 e. The molecule has 0 saturated carbocycles. The number of urea groups is 1. The monoisotopic (exact) mass is 362 g/mol. The van der Waals surface area contributed by atoms with Gasteiger partial charge < -0.3 is 15.5 Å². The predicted molar refractivity (Wildman–Crippen MR) is 98.7 cm³/mol. The van der Waals surface area contributed by atoms with Gasteiger partial charge in [-0.3, -0.25) is 14.9 Å². The van der Waals surface area contributed by atoms with Gasteiger partial charge in [0.05, 0.1) is 24.3 Å². The van der Waals surface area contributed by atoms with Crippen LogP contribution in [0.25, 0.3) is 0 Å². The normalized spacial score (nSPS) is 12.5. The van der Waals surface area contributed by atoms with Crippen LogP contribution in [0.15, 0.2) is 54.9 Å². The molecule has 3 aromatic rings. The fourth-order valence-electron chi connectivity index (χ4n) is 2.95. The van der Waals surface area contributed by atoms with Crippen molar-refractivity contribution in [1.29, 1.82) is 0 Å². The number of carbonyl (C=O) groups excluding carboxylic acids is 2. The maximum absolute atomic E-state index is 12.4. The second-order valence-electron chi connectivity index (χ2n) is 6.22. The number of anilines is 1. The van der Waals surface area contributed by atoms with Crippen LogP contribution in [-0.2, 0) is 19.6 Å². The maximum atomic E-state index is 12.4. The fraction of sp³-hybridized carbons (Fsp3) is 0.158. The summed E-state index contributed by atoms with van der Waals surface area (Å²) in [5, 5.41) is 12.8. The molecule has 3 heterocycles. The first-order chi connectivity index (χ1) is 13.2.